The molecule has 1 aliphatic heterocycles. The fourth-order valence-corrected chi connectivity index (χ4v) is 1.29. The Morgan fingerprint density at radius 1 is 1.80 bits per heavy atom. The van der Waals surface area contributed by atoms with E-state index in [1.165, 1.54) is 0 Å². The van der Waals surface area contributed by atoms with Gasteiger partial charge >= 0.3 is 0 Å². The van der Waals surface area contributed by atoms with E-state index in [2.05, 4.69) is 0 Å². The average Bonchev–Trinajstić information content (AvgIpc) is 2.17. The number of carbonyl (C=O) groups is 1. The molecule has 0 bridgehead atoms. The monoisotopic (exact) mass is 137 g/mol. The third-order valence-corrected chi connectivity index (χ3v) is 2.10. The minimum atomic E-state index is -0.250. The van der Waals surface area contributed by atoms with E-state index in [1.807, 2.05) is 13.8 Å². The van der Waals surface area contributed by atoms with Crippen molar-refractivity contribution in [3.63, 3.8) is 0 Å². The van der Waals surface area contributed by atoms with Gasteiger partial charge in [-0.1, -0.05) is 6.92 Å². The van der Waals surface area contributed by atoms with E-state index in [0.717, 1.165) is 13.1 Å². The third-order valence-electron chi connectivity index (χ3n) is 2.10. The summed E-state index contributed by atoms with van der Waals surface area (Å²) < 4.78 is 0. The molecule has 1 saturated heterocycles. The molecule has 2 nitrogen and oxygen atoms in total. The van der Waals surface area contributed by atoms with E-state index in [0.29, 0.717) is 5.92 Å². The second kappa shape index (κ2) is 2.65. The lowest BCUT2D eigenvalue weighted by atomic mass is 9.79. The lowest BCUT2D eigenvalue weighted by Gasteiger charge is -2.11. The van der Waals surface area contributed by atoms with E-state index >= 15 is 0 Å². The van der Waals surface area contributed by atoms with Crippen LogP contribution in [-0.4, -0.2) is 31.7 Å². The van der Waals surface area contributed by atoms with Crippen LogP contribution < -0.4 is 0 Å². The van der Waals surface area contributed by atoms with Crippen molar-refractivity contribution in [2.24, 2.45) is 5.92 Å². The fraction of sp³-hybridized carbons (Fsp3) is 0.857. The van der Waals surface area contributed by atoms with Crippen LogP contribution in [0.25, 0.3) is 0 Å². The molecule has 0 aromatic heterocycles. The van der Waals surface area contributed by atoms with Crippen LogP contribution in [0.5, 0.6) is 0 Å². The van der Waals surface area contributed by atoms with Crippen LogP contribution in [0.15, 0.2) is 0 Å². The summed E-state index contributed by atoms with van der Waals surface area (Å²) >= 11 is 0. The molecular weight excluding hydrogens is 125 g/mol. The Bertz CT molecular complexity index is 149. The van der Waals surface area contributed by atoms with E-state index in [1.54, 1.807) is 4.90 Å². The number of hydrogen-bond donors (Lipinski definition) is 0. The van der Waals surface area contributed by atoms with Crippen molar-refractivity contribution in [2.75, 3.05) is 13.1 Å². The Morgan fingerprint density at radius 3 is 2.60 bits per heavy atom. The van der Waals surface area contributed by atoms with Crippen LogP contribution in [0.4, 0.5) is 0 Å². The van der Waals surface area contributed by atoms with E-state index in [4.69, 9.17) is 7.85 Å². The second-order valence-electron chi connectivity index (χ2n) is 2.88. The van der Waals surface area contributed by atoms with Gasteiger partial charge in [-0.2, -0.15) is 0 Å². The van der Waals surface area contributed by atoms with Gasteiger partial charge in [-0.3, -0.25) is 4.79 Å². The molecule has 0 N–H and O–H groups in total. The highest BCUT2D eigenvalue weighted by atomic mass is 16.2. The van der Waals surface area contributed by atoms with Gasteiger partial charge in [0.2, 0.25) is 5.91 Å². The van der Waals surface area contributed by atoms with Gasteiger partial charge in [-0.15, -0.1) is 0 Å². The minimum absolute atomic E-state index is 0.106. The molecule has 2 radical (unpaired) electrons. The molecule has 2 unspecified atom stereocenters. The first-order valence-corrected chi connectivity index (χ1v) is 3.71. The summed E-state index contributed by atoms with van der Waals surface area (Å²) in [6, 6.07) is 0. The van der Waals surface area contributed by atoms with Crippen molar-refractivity contribution < 1.29 is 4.79 Å². The number of rotatable bonds is 1. The van der Waals surface area contributed by atoms with Crippen LogP contribution in [0.2, 0.25) is 5.82 Å². The normalized spacial score (nSPS) is 33.4. The topological polar surface area (TPSA) is 20.3 Å². The summed E-state index contributed by atoms with van der Waals surface area (Å²) in [5, 5.41) is 0. The van der Waals surface area contributed by atoms with Crippen molar-refractivity contribution in [1.82, 2.24) is 4.90 Å². The predicted octanol–water partition coefficient (Wildman–Crippen LogP) is 0.442. The van der Waals surface area contributed by atoms with Crippen molar-refractivity contribution >= 4 is 13.8 Å². The Labute approximate surface area is 63.0 Å². The molecular formula is C7H12BNO. The maximum atomic E-state index is 11.1. The number of hydrogen-bond acceptors (Lipinski definition) is 1. The summed E-state index contributed by atoms with van der Waals surface area (Å²) in [7, 11) is 5.60. The number of nitrogens with zero attached hydrogens (tertiary/aromatic N) is 1. The first kappa shape index (κ1) is 7.64. The van der Waals surface area contributed by atoms with Crippen molar-refractivity contribution in [3.8, 4) is 0 Å². The first-order chi connectivity index (χ1) is 4.66. The van der Waals surface area contributed by atoms with Gasteiger partial charge in [0, 0.05) is 18.9 Å². The summed E-state index contributed by atoms with van der Waals surface area (Å²) in [5.41, 5.74) is 0. The average molecular weight is 137 g/mol. The van der Waals surface area contributed by atoms with Crippen molar-refractivity contribution in [2.45, 2.75) is 19.7 Å². The lowest BCUT2D eigenvalue weighted by Crippen LogP contribution is -2.25. The molecule has 0 saturated carbocycles. The van der Waals surface area contributed by atoms with Crippen molar-refractivity contribution in [3.05, 3.63) is 0 Å². The van der Waals surface area contributed by atoms with Gasteiger partial charge in [0.15, 0.2) is 0 Å². The minimum Gasteiger partial charge on any atom is -0.343 e. The number of amides is 1. The van der Waals surface area contributed by atoms with Crippen LogP contribution in [0, 0.1) is 5.92 Å². The Kier molecular flexibility index (Phi) is 2.02. The zero-order chi connectivity index (χ0) is 7.72. The highest BCUT2D eigenvalue weighted by Crippen LogP contribution is 2.25. The molecule has 54 valence electrons. The second-order valence-corrected chi connectivity index (χ2v) is 2.88. The fourth-order valence-electron chi connectivity index (χ4n) is 1.29. The molecule has 0 aromatic carbocycles. The van der Waals surface area contributed by atoms with Crippen LogP contribution >= 0.6 is 0 Å². The Hall–Kier alpha value is -0.465. The van der Waals surface area contributed by atoms with Gasteiger partial charge in [0.25, 0.3) is 0 Å². The van der Waals surface area contributed by atoms with Crippen molar-refractivity contribution in [1.29, 1.82) is 0 Å². The molecule has 1 aliphatic rings. The predicted molar refractivity (Wildman–Crippen MR) is 40.9 cm³/mol. The highest BCUT2D eigenvalue weighted by molar-refractivity contribution is 6.24. The highest BCUT2D eigenvalue weighted by Gasteiger charge is 2.32. The standard InChI is InChI=1S/C7H12BNO/c1-3-9-4-5(2)6(8)7(9)10/h5-6H,3-4H2,1-2H3. The van der Waals surface area contributed by atoms with Crippen LogP contribution in [0.1, 0.15) is 13.8 Å². The molecule has 2 atom stereocenters. The molecule has 1 fully saturated rings. The Balaban J connectivity index is 2.62. The largest absolute Gasteiger partial charge is 0.343 e. The van der Waals surface area contributed by atoms with Gasteiger partial charge in [-0.25, -0.2) is 0 Å². The van der Waals surface area contributed by atoms with Gasteiger partial charge in [0.05, 0.1) is 7.85 Å². The van der Waals surface area contributed by atoms with Crippen LogP contribution in [0.3, 0.4) is 0 Å². The Morgan fingerprint density at radius 2 is 2.40 bits per heavy atom. The zero-order valence-electron chi connectivity index (χ0n) is 6.50. The summed E-state index contributed by atoms with van der Waals surface area (Å²) in [6.07, 6.45) is 0. The third kappa shape index (κ3) is 1.05. The maximum absolute atomic E-state index is 11.1. The summed E-state index contributed by atoms with van der Waals surface area (Å²) in [6.45, 7) is 5.61. The SMILES string of the molecule is [B]C1C(=O)N(CC)CC1C. The van der Waals surface area contributed by atoms with Gasteiger partial charge in [-0.05, 0) is 12.8 Å². The van der Waals surface area contributed by atoms with E-state index in [-0.39, 0.29) is 11.7 Å². The summed E-state index contributed by atoms with van der Waals surface area (Å²) in [4.78, 5) is 12.9. The van der Waals surface area contributed by atoms with Crippen LogP contribution in [-0.2, 0) is 4.79 Å². The molecule has 3 heteroatoms. The number of likely N-dealkylation sites (tertiary alicyclic amines) is 1. The lowest BCUT2D eigenvalue weighted by molar-refractivity contribution is -0.127. The molecule has 10 heavy (non-hydrogen) atoms. The molecule has 0 aliphatic carbocycles. The van der Waals surface area contributed by atoms with E-state index in [9.17, 15) is 4.79 Å². The number of carbonyl (C=O) groups excluding carboxylic acids is 1. The molecule has 0 spiro atoms. The molecule has 0 aromatic rings. The van der Waals surface area contributed by atoms with E-state index < -0.39 is 0 Å². The summed E-state index contributed by atoms with van der Waals surface area (Å²) in [5.74, 6) is 0.183. The van der Waals surface area contributed by atoms with Gasteiger partial charge in [0.1, 0.15) is 0 Å². The molecule has 1 amide bonds. The quantitative estimate of drug-likeness (QED) is 0.480. The molecule has 1 rings (SSSR count). The van der Waals surface area contributed by atoms with Gasteiger partial charge < -0.3 is 4.90 Å². The first-order valence-electron chi connectivity index (χ1n) is 3.71. The zero-order valence-corrected chi connectivity index (χ0v) is 6.50. The molecule has 1 heterocycles. The smallest absolute Gasteiger partial charge is 0.217 e. The maximum Gasteiger partial charge on any atom is 0.217 e.